The standard InChI is InChI=1S/C14H19N3O3/c1-16(2)11-4-7-17(8-5-11)13(18)10-3-6-15-12(9-10)14(19)20/h3,6,9,11H,4-5,7-8H2,1-2H3,(H,19,20). The number of carbonyl (C=O) groups excluding carboxylic acids is 1. The van der Waals surface area contributed by atoms with Gasteiger partial charge in [0.25, 0.3) is 5.91 Å². The van der Waals surface area contributed by atoms with Crippen LogP contribution in [0.15, 0.2) is 18.3 Å². The summed E-state index contributed by atoms with van der Waals surface area (Å²) in [5, 5.41) is 8.90. The van der Waals surface area contributed by atoms with E-state index >= 15 is 0 Å². The molecule has 0 unspecified atom stereocenters. The van der Waals surface area contributed by atoms with Crippen LogP contribution in [0.4, 0.5) is 0 Å². The van der Waals surface area contributed by atoms with E-state index in [1.165, 1.54) is 12.3 Å². The Bertz CT molecular complexity index is 508. The number of hydrogen-bond donors (Lipinski definition) is 1. The van der Waals surface area contributed by atoms with Crippen LogP contribution < -0.4 is 0 Å². The van der Waals surface area contributed by atoms with Crippen LogP contribution in [-0.2, 0) is 0 Å². The van der Waals surface area contributed by atoms with E-state index in [-0.39, 0.29) is 11.6 Å². The summed E-state index contributed by atoms with van der Waals surface area (Å²) in [4.78, 5) is 30.9. The average molecular weight is 277 g/mol. The van der Waals surface area contributed by atoms with Crippen LogP contribution in [0.1, 0.15) is 33.7 Å². The van der Waals surface area contributed by atoms with Crippen LogP contribution in [-0.4, -0.2) is 65.0 Å². The summed E-state index contributed by atoms with van der Waals surface area (Å²) >= 11 is 0. The van der Waals surface area contributed by atoms with E-state index in [0.29, 0.717) is 24.7 Å². The molecule has 0 saturated carbocycles. The molecule has 6 heteroatoms. The van der Waals surface area contributed by atoms with Gasteiger partial charge in [0, 0.05) is 30.9 Å². The van der Waals surface area contributed by atoms with Gasteiger partial charge in [0.15, 0.2) is 0 Å². The number of carboxylic acids is 1. The average Bonchev–Trinajstić information content (AvgIpc) is 2.46. The third kappa shape index (κ3) is 3.14. The Labute approximate surface area is 118 Å². The smallest absolute Gasteiger partial charge is 0.354 e. The summed E-state index contributed by atoms with van der Waals surface area (Å²) in [6.07, 6.45) is 3.24. The van der Waals surface area contributed by atoms with Crippen molar-refractivity contribution in [1.82, 2.24) is 14.8 Å². The maximum Gasteiger partial charge on any atom is 0.354 e. The zero-order valence-corrected chi connectivity index (χ0v) is 11.7. The van der Waals surface area contributed by atoms with Crippen molar-refractivity contribution in [1.29, 1.82) is 0 Å². The van der Waals surface area contributed by atoms with Gasteiger partial charge < -0.3 is 14.9 Å². The predicted molar refractivity (Wildman–Crippen MR) is 73.8 cm³/mol. The lowest BCUT2D eigenvalue weighted by Gasteiger charge is -2.35. The van der Waals surface area contributed by atoms with E-state index in [0.717, 1.165) is 12.8 Å². The van der Waals surface area contributed by atoms with Gasteiger partial charge in [0.1, 0.15) is 5.69 Å². The van der Waals surface area contributed by atoms with Crippen LogP contribution in [0.3, 0.4) is 0 Å². The summed E-state index contributed by atoms with van der Waals surface area (Å²) in [6, 6.07) is 3.40. The fourth-order valence-electron chi connectivity index (χ4n) is 2.45. The first-order valence-electron chi connectivity index (χ1n) is 6.64. The number of pyridine rings is 1. The first-order chi connectivity index (χ1) is 9.49. The second-order valence-electron chi connectivity index (χ2n) is 5.22. The van der Waals surface area contributed by atoms with Crippen LogP contribution >= 0.6 is 0 Å². The Balaban J connectivity index is 2.05. The highest BCUT2D eigenvalue weighted by Crippen LogP contribution is 2.16. The molecule has 20 heavy (non-hydrogen) atoms. The van der Waals surface area contributed by atoms with Gasteiger partial charge >= 0.3 is 5.97 Å². The lowest BCUT2D eigenvalue weighted by molar-refractivity contribution is 0.0663. The van der Waals surface area contributed by atoms with E-state index < -0.39 is 5.97 Å². The molecule has 1 aliphatic heterocycles. The number of likely N-dealkylation sites (tertiary alicyclic amines) is 1. The number of carboxylic acid groups (broad SMARTS) is 1. The number of aromatic carboxylic acids is 1. The van der Waals surface area contributed by atoms with Crippen LogP contribution in [0.5, 0.6) is 0 Å². The highest BCUT2D eigenvalue weighted by atomic mass is 16.4. The van der Waals surface area contributed by atoms with Gasteiger partial charge in [-0.2, -0.15) is 0 Å². The molecule has 0 spiro atoms. The number of carbonyl (C=O) groups is 2. The summed E-state index contributed by atoms with van der Waals surface area (Å²) < 4.78 is 0. The second-order valence-corrected chi connectivity index (χ2v) is 5.22. The molecular formula is C14H19N3O3. The lowest BCUT2D eigenvalue weighted by Crippen LogP contribution is -2.44. The van der Waals surface area contributed by atoms with Crippen molar-refractivity contribution in [2.45, 2.75) is 18.9 Å². The number of nitrogens with zero attached hydrogens (tertiary/aromatic N) is 3. The zero-order valence-electron chi connectivity index (χ0n) is 11.7. The highest BCUT2D eigenvalue weighted by Gasteiger charge is 2.25. The SMILES string of the molecule is CN(C)C1CCN(C(=O)c2ccnc(C(=O)O)c2)CC1. The van der Waals surface area contributed by atoms with E-state index in [1.54, 1.807) is 11.0 Å². The molecule has 0 bridgehead atoms. The molecule has 1 aromatic heterocycles. The van der Waals surface area contributed by atoms with Crippen molar-refractivity contribution < 1.29 is 14.7 Å². The summed E-state index contributed by atoms with van der Waals surface area (Å²) in [5.41, 5.74) is 0.291. The molecule has 1 saturated heterocycles. The first kappa shape index (κ1) is 14.5. The molecule has 1 aliphatic rings. The summed E-state index contributed by atoms with van der Waals surface area (Å²) in [5.74, 6) is -1.24. The van der Waals surface area contributed by atoms with Gasteiger partial charge in [0.05, 0.1) is 0 Å². The van der Waals surface area contributed by atoms with Gasteiger partial charge in [0.2, 0.25) is 0 Å². The maximum absolute atomic E-state index is 12.3. The largest absolute Gasteiger partial charge is 0.477 e. The molecule has 1 N–H and O–H groups in total. The number of amides is 1. The molecular weight excluding hydrogens is 258 g/mol. The minimum absolute atomic E-state index is 0.0981. The minimum Gasteiger partial charge on any atom is -0.477 e. The molecule has 0 radical (unpaired) electrons. The molecule has 1 fully saturated rings. The van der Waals surface area contributed by atoms with Gasteiger partial charge in [-0.25, -0.2) is 9.78 Å². The summed E-state index contributed by atoms with van der Waals surface area (Å²) in [7, 11) is 4.09. The van der Waals surface area contributed by atoms with Crippen molar-refractivity contribution in [3.63, 3.8) is 0 Å². The Kier molecular flexibility index (Phi) is 4.34. The zero-order chi connectivity index (χ0) is 14.7. The molecule has 1 amide bonds. The van der Waals surface area contributed by atoms with Crippen molar-refractivity contribution in [3.8, 4) is 0 Å². The topological polar surface area (TPSA) is 73.7 Å². The van der Waals surface area contributed by atoms with Crippen LogP contribution in [0, 0.1) is 0 Å². The minimum atomic E-state index is -1.12. The number of rotatable bonds is 3. The first-order valence-corrected chi connectivity index (χ1v) is 6.64. The third-order valence-electron chi connectivity index (χ3n) is 3.71. The van der Waals surface area contributed by atoms with Gasteiger partial charge in [-0.3, -0.25) is 4.79 Å². The molecule has 0 aromatic carbocycles. The Morgan fingerprint density at radius 3 is 2.55 bits per heavy atom. The van der Waals surface area contributed by atoms with Gasteiger partial charge in [-0.05, 0) is 39.1 Å². The van der Waals surface area contributed by atoms with Crippen molar-refractivity contribution in [2.24, 2.45) is 0 Å². The van der Waals surface area contributed by atoms with E-state index in [9.17, 15) is 9.59 Å². The molecule has 0 atom stereocenters. The Hall–Kier alpha value is -1.95. The normalized spacial score (nSPS) is 16.4. The van der Waals surface area contributed by atoms with Gasteiger partial charge in [-0.1, -0.05) is 0 Å². The number of piperidine rings is 1. The quantitative estimate of drug-likeness (QED) is 0.890. The predicted octanol–water partition coefficient (Wildman–Crippen LogP) is 0.946. The van der Waals surface area contributed by atoms with E-state index in [4.69, 9.17) is 5.11 Å². The molecule has 6 nitrogen and oxygen atoms in total. The molecule has 1 aromatic rings. The lowest BCUT2D eigenvalue weighted by atomic mass is 10.0. The maximum atomic E-state index is 12.3. The van der Waals surface area contributed by atoms with Crippen molar-refractivity contribution >= 4 is 11.9 Å². The molecule has 2 heterocycles. The Morgan fingerprint density at radius 2 is 2.00 bits per heavy atom. The monoisotopic (exact) mass is 277 g/mol. The third-order valence-corrected chi connectivity index (χ3v) is 3.71. The highest BCUT2D eigenvalue weighted by molar-refractivity contribution is 5.96. The van der Waals surface area contributed by atoms with Crippen LogP contribution in [0.25, 0.3) is 0 Å². The fourth-order valence-corrected chi connectivity index (χ4v) is 2.45. The van der Waals surface area contributed by atoms with Crippen LogP contribution in [0.2, 0.25) is 0 Å². The summed E-state index contributed by atoms with van der Waals surface area (Å²) in [6.45, 7) is 1.40. The van der Waals surface area contributed by atoms with E-state index in [2.05, 4.69) is 9.88 Å². The van der Waals surface area contributed by atoms with Crippen molar-refractivity contribution in [2.75, 3.05) is 27.2 Å². The number of hydrogen-bond acceptors (Lipinski definition) is 4. The Morgan fingerprint density at radius 1 is 1.35 bits per heavy atom. The second kappa shape index (κ2) is 6.00. The molecule has 0 aliphatic carbocycles. The molecule has 108 valence electrons. The molecule has 2 rings (SSSR count). The van der Waals surface area contributed by atoms with Gasteiger partial charge in [-0.15, -0.1) is 0 Å². The van der Waals surface area contributed by atoms with Crippen molar-refractivity contribution in [3.05, 3.63) is 29.6 Å². The fraction of sp³-hybridized carbons (Fsp3) is 0.500. The van der Waals surface area contributed by atoms with E-state index in [1.807, 2.05) is 14.1 Å². The number of aromatic nitrogens is 1.